The number of pyridine rings is 1. The molecule has 1 amide bonds. The zero-order valence-corrected chi connectivity index (χ0v) is 13.8. The van der Waals surface area contributed by atoms with Gasteiger partial charge in [-0.15, -0.1) is 0 Å². The fourth-order valence-electron chi connectivity index (χ4n) is 2.34. The lowest BCUT2D eigenvalue weighted by molar-refractivity contribution is 0.0940. The zero-order valence-electron chi connectivity index (χ0n) is 13.1. The van der Waals surface area contributed by atoms with Crippen LogP contribution in [0.25, 0.3) is 5.82 Å². The largest absolute Gasteiger partial charge is 0.349 e. The summed E-state index contributed by atoms with van der Waals surface area (Å²) in [7, 11) is 0. The number of carbonyl (C=O) groups is 1. The monoisotopic (exact) mass is 341 g/mol. The predicted octanol–water partition coefficient (Wildman–Crippen LogP) is 2.68. The molecule has 122 valence electrons. The summed E-state index contributed by atoms with van der Waals surface area (Å²) in [5, 5.41) is 7.70. The van der Waals surface area contributed by atoms with Crippen LogP contribution in [0.5, 0.6) is 0 Å². The molecule has 0 aliphatic heterocycles. The molecule has 3 rings (SSSR count). The molecule has 1 atom stereocenters. The third kappa shape index (κ3) is 3.97. The van der Waals surface area contributed by atoms with Gasteiger partial charge in [0.25, 0.3) is 5.91 Å². The second-order valence-electron chi connectivity index (χ2n) is 5.45. The zero-order chi connectivity index (χ0) is 16.9. The highest BCUT2D eigenvalue weighted by molar-refractivity contribution is 6.30. The first-order valence-electron chi connectivity index (χ1n) is 7.48. The summed E-state index contributed by atoms with van der Waals surface area (Å²) in [6.45, 7) is 1.96. The van der Waals surface area contributed by atoms with Crippen LogP contribution < -0.4 is 5.32 Å². The third-order valence-corrected chi connectivity index (χ3v) is 3.75. The molecule has 0 bridgehead atoms. The number of benzene rings is 1. The minimum absolute atomic E-state index is 0.0124. The van der Waals surface area contributed by atoms with Gasteiger partial charge in [0.15, 0.2) is 5.82 Å². The van der Waals surface area contributed by atoms with E-state index >= 15 is 0 Å². The van der Waals surface area contributed by atoms with E-state index < -0.39 is 0 Å². The van der Waals surface area contributed by atoms with E-state index in [9.17, 15) is 4.79 Å². The molecule has 0 aliphatic carbocycles. The summed E-state index contributed by atoms with van der Waals surface area (Å²) < 4.78 is 1.51. The Bertz CT molecular complexity index is 817. The smallest absolute Gasteiger partial charge is 0.251 e. The van der Waals surface area contributed by atoms with Crippen molar-refractivity contribution in [2.45, 2.75) is 19.4 Å². The Balaban J connectivity index is 1.66. The number of carbonyl (C=O) groups excluding carboxylic acids is 1. The second-order valence-corrected chi connectivity index (χ2v) is 5.88. The average Bonchev–Trinajstić information content (AvgIpc) is 3.11. The second kappa shape index (κ2) is 7.23. The first-order valence-corrected chi connectivity index (χ1v) is 7.86. The molecule has 3 aromatic rings. The van der Waals surface area contributed by atoms with Crippen molar-refractivity contribution in [3.63, 3.8) is 0 Å². The highest BCUT2D eigenvalue weighted by atomic mass is 35.5. The minimum Gasteiger partial charge on any atom is -0.349 e. The molecule has 0 unspecified atom stereocenters. The van der Waals surface area contributed by atoms with E-state index in [1.165, 1.54) is 17.3 Å². The van der Waals surface area contributed by atoms with Crippen molar-refractivity contribution in [1.29, 1.82) is 0 Å². The van der Waals surface area contributed by atoms with Crippen LogP contribution in [0, 0.1) is 0 Å². The Kier molecular flexibility index (Phi) is 4.86. The summed E-state index contributed by atoms with van der Waals surface area (Å²) in [6, 6.07) is 10.9. The Morgan fingerprint density at radius 1 is 1.29 bits per heavy atom. The van der Waals surface area contributed by atoms with Crippen LogP contribution >= 0.6 is 11.6 Å². The molecule has 0 spiro atoms. The Labute approximate surface area is 144 Å². The molecule has 0 aliphatic rings. The van der Waals surface area contributed by atoms with Crippen molar-refractivity contribution in [2.24, 2.45) is 0 Å². The molecular formula is C17H16ClN5O. The Morgan fingerprint density at radius 2 is 2.08 bits per heavy atom. The van der Waals surface area contributed by atoms with Crippen LogP contribution in [0.2, 0.25) is 5.02 Å². The number of halogens is 1. The number of hydrogen-bond donors (Lipinski definition) is 1. The molecule has 1 aromatic carbocycles. The van der Waals surface area contributed by atoms with Crippen molar-refractivity contribution in [2.75, 3.05) is 0 Å². The van der Waals surface area contributed by atoms with Crippen LogP contribution in [0.1, 0.15) is 22.8 Å². The van der Waals surface area contributed by atoms with Gasteiger partial charge in [0.2, 0.25) is 0 Å². The van der Waals surface area contributed by atoms with Crippen LogP contribution in [0.3, 0.4) is 0 Å². The molecule has 0 saturated carbocycles. The van der Waals surface area contributed by atoms with Gasteiger partial charge in [0, 0.05) is 22.8 Å². The maximum atomic E-state index is 12.4. The van der Waals surface area contributed by atoms with E-state index in [4.69, 9.17) is 11.6 Å². The van der Waals surface area contributed by atoms with Crippen LogP contribution in [0.15, 0.2) is 55.2 Å². The van der Waals surface area contributed by atoms with Gasteiger partial charge in [0.05, 0.1) is 0 Å². The molecule has 0 fully saturated rings. The normalized spacial score (nSPS) is 11.9. The molecule has 24 heavy (non-hydrogen) atoms. The molecule has 6 nitrogen and oxygen atoms in total. The molecule has 0 radical (unpaired) electrons. The number of nitrogens with one attached hydrogen (secondary N) is 1. The summed E-state index contributed by atoms with van der Waals surface area (Å²) >= 11 is 5.88. The van der Waals surface area contributed by atoms with Gasteiger partial charge in [-0.1, -0.05) is 23.7 Å². The molecular weight excluding hydrogens is 326 g/mol. The van der Waals surface area contributed by atoms with Gasteiger partial charge in [0.1, 0.15) is 12.7 Å². The predicted molar refractivity (Wildman–Crippen MR) is 91.2 cm³/mol. The Hall–Kier alpha value is -2.73. The van der Waals surface area contributed by atoms with Gasteiger partial charge < -0.3 is 5.32 Å². The SMILES string of the molecule is C[C@@H](Cc1ccc(Cl)cc1)NC(=O)c1ccnc(-n2cncn2)c1. The first-order chi connectivity index (χ1) is 11.6. The van der Waals surface area contributed by atoms with Crippen LogP contribution in [-0.4, -0.2) is 31.7 Å². The van der Waals surface area contributed by atoms with Crippen LogP contribution in [0.4, 0.5) is 0 Å². The van der Waals surface area contributed by atoms with Crippen molar-refractivity contribution < 1.29 is 4.79 Å². The van der Waals surface area contributed by atoms with E-state index in [1.54, 1.807) is 18.3 Å². The van der Waals surface area contributed by atoms with E-state index in [1.807, 2.05) is 31.2 Å². The summed E-state index contributed by atoms with van der Waals surface area (Å²) in [5.41, 5.74) is 1.64. The average molecular weight is 342 g/mol. The topological polar surface area (TPSA) is 72.7 Å². The number of hydrogen-bond acceptors (Lipinski definition) is 4. The van der Waals surface area contributed by atoms with Gasteiger partial charge in [-0.3, -0.25) is 4.79 Å². The highest BCUT2D eigenvalue weighted by Crippen LogP contribution is 2.11. The fraction of sp³-hybridized carbons (Fsp3) is 0.176. The van der Waals surface area contributed by atoms with Crippen molar-refractivity contribution >= 4 is 17.5 Å². The lowest BCUT2D eigenvalue weighted by Crippen LogP contribution is -2.34. The lowest BCUT2D eigenvalue weighted by Gasteiger charge is -2.14. The van der Waals surface area contributed by atoms with Crippen molar-refractivity contribution in [3.8, 4) is 5.82 Å². The lowest BCUT2D eigenvalue weighted by atomic mass is 10.1. The maximum Gasteiger partial charge on any atom is 0.251 e. The standard InChI is InChI=1S/C17H16ClN5O/c1-12(8-13-2-4-15(18)5-3-13)22-17(24)14-6-7-20-16(9-14)23-11-19-10-21-23/h2-7,9-12H,8H2,1H3,(H,22,24)/t12-/m0/s1. The van der Waals surface area contributed by atoms with Gasteiger partial charge in [-0.25, -0.2) is 14.6 Å². The number of nitrogens with zero attached hydrogens (tertiary/aromatic N) is 4. The van der Waals surface area contributed by atoms with Gasteiger partial charge in [-0.05, 0) is 43.2 Å². The summed E-state index contributed by atoms with van der Waals surface area (Å²) in [6.07, 6.45) is 5.26. The van der Waals surface area contributed by atoms with Crippen LogP contribution in [-0.2, 0) is 6.42 Å². The molecule has 0 saturated heterocycles. The number of rotatable bonds is 5. The number of aromatic nitrogens is 4. The van der Waals surface area contributed by atoms with E-state index in [0.29, 0.717) is 16.4 Å². The molecule has 7 heteroatoms. The summed E-state index contributed by atoms with van der Waals surface area (Å²) in [5.74, 6) is 0.394. The highest BCUT2D eigenvalue weighted by Gasteiger charge is 2.12. The molecule has 2 aromatic heterocycles. The van der Waals surface area contributed by atoms with E-state index in [2.05, 4.69) is 20.4 Å². The molecule has 1 N–H and O–H groups in total. The van der Waals surface area contributed by atoms with Crippen molar-refractivity contribution in [3.05, 3.63) is 71.4 Å². The van der Waals surface area contributed by atoms with Gasteiger partial charge >= 0.3 is 0 Å². The van der Waals surface area contributed by atoms with E-state index in [0.717, 1.165) is 12.0 Å². The minimum atomic E-state index is -0.153. The molecule has 2 heterocycles. The van der Waals surface area contributed by atoms with Gasteiger partial charge in [-0.2, -0.15) is 5.10 Å². The Morgan fingerprint density at radius 3 is 2.79 bits per heavy atom. The first kappa shape index (κ1) is 16.1. The fourth-order valence-corrected chi connectivity index (χ4v) is 2.47. The van der Waals surface area contributed by atoms with E-state index in [-0.39, 0.29) is 11.9 Å². The third-order valence-electron chi connectivity index (χ3n) is 3.49. The summed E-state index contributed by atoms with van der Waals surface area (Å²) in [4.78, 5) is 20.5. The van der Waals surface area contributed by atoms with Crippen molar-refractivity contribution in [1.82, 2.24) is 25.1 Å². The quantitative estimate of drug-likeness (QED) is 0.774. The maximum absolute atomic E-state index is 12.4. The number of amides is 1.